The van der Waals surface area contributed by atoms with Crippen molar-refractivity contribution in [2.75, 3.05) is 0 Å². The summed E-state index contributed by atoms with van der Waals surface area (Å²) in [6.07, 6.45) is 3.35. The van der Waals surface area contributed by atoms with Crippen LogP contribution in [0.25, 0.3) is 66.6 Å². The van der Waals surface area contributed by atoms with Crippen molar-refractivity contribution < 1.29 is 9.90 Å². The number of nitrogens with one attached hydrogen (secondary N) is 2. The van der Waals surface area contributed by atoms with Crippen LogP contribution in [0.1, 0.15) is 162 Å². The summed E-state index contributed by atoms with van der Waals surface area (Å²) < 4.78 is 0. The van der Waals surface area contributed by atoms with E-state index in [4.69, 9.17) is 9.97 Å². The molecule has 306 valence electrons. The third-order valence-corrected chi connectivity index (χ3v) is 12.8. The molecule has 3 aromatic heterocycles. The minimum atomic E-state index is -0.943. The third kappa shape index (κ3) is 7.19. The van der Waals surface area contributed by atoms with E-state index in [1.54, 1.807) is 12.1 Å². The molecule has 0 aliphatic carbocycles. The van der Waals surface area contributed by atoms with Gasteiger partial charge in [-0.05, 0) is 155 Å². The Balaban J connectivity index is 1.76. The van der Waals surface area contributed by atoms with Gasteiger partial charge in [0.2, 0.25) is 0 Å². The van der Waals surface area contributed by atoms with Crippen molar-refractivity contribution in [1.82, 2.24) is 19.9 Å². The van der Waals surface area contributed by atoms with Crippen LogP contribution in [0.5, 0.6) is 0 Å². The van der Waals surface area contributed by atoms with Gasteiger partial charge in [-0.25, -0.2) is 14.8 Å². The molecule has 5 aromatic rings. The smallest absolute Gasteiger partial charge is 0.335 e. The first kappa shape index (κ1) is 41.7. The van der Waals surface area contributed by atoms with Gasteiger partial charge in [-0.1, -0.05) is 99.6 Å². The number of carboxylic acids is 1. The summed E-state index contributed by atoms with van der Waals surface area (Å²) in [5, 5.41) is 9.80. The van der Waals surface area contributed by atoms with E-state index in [9.17, 15) is 9.90 Å². The number of hydrogen-bond donors (Lipinski definition) is 3. The molecule has 5 heterocycles. The maximum atomic E-state index is 12.0. The molecule has 6 nitrogen and oxygen atoms in total. The van der Waals surface area contributed by atoms with Crippen LogP contribution in [0, 0.1) is 13.8 Å². The summed E-state index contributed by atoms with van der Waals surface area (Å²) in [4.78, 5) is 31.1. The van der Waals surface area contributed by atoms with Crippen molar-refractivity contribution >= 4 is 50.3 Å². The normalized spacial score (nSPS) is 13.5. The van der Waals surface area contributed by atoms with Gasteiger partial charge in [-0.3, -0.25) is 0 Å². The van der Waals surface area contributed by atoms with Gasteiger partial charge in [0, 0.05) is 22.2 Å². The van der Waals surface area contributed by atoms with Crippen LogP contribution in [0.3, 0.4) is 0 Å². The first-order valence-electron chi connectivity index (χ1n) is 21.5. The average Bonchev–Trinajstić information content (AvgIpc) is 3.87. The van der Waals surface area contributed by atoms with E-state index in [2.05, 4.69) is 137 Å². The van der Waals surface area contributed by atoms with E-state index >= 15 is 0 Å². The lowest BCUT2D eigenvalue weighted by atomic mass is 9.78. The highest BCUT2D eigenvalue weighted by Gasteiger charge is 2.28. The summed E-state index contributed by atoms with van der Waals surface area (Å²) in [5.41, 5.74) is 24.7. The van der Waals surface area contributed by atoms with Crippen molar-refractivity contribution in [1.29, 1.82) is 0 Å². The molecule has 0 amide bonds. The summed E-state index contributed by atoms with van der Waals surface area (Å²) in [5.74, 6) is -0.943. The van der Waals surface area contributed by atoms with E-state index in [1.165, 1.54) is 50.1 Å². The molecular formula is C53H62N4O2. The SMILES string of the molecule is CCC1=C(C)c2nc1cc1[nH]c(c(C)c1CC)c(-c1ccc(C(=O)O)cc1)c1nc(cc3[nH]c(c(C)c3CC)c2-c2cc(C(C)(C)C)cc(C(C)(C)C)c2)C(CC)=C1C. The Bertz CT molecular complexity index is 2740. The molecule has 0 fully saturated rings. The Hall–Kier alpha value is -5.49. The van der Waals surface area contributed by atoms with Gasteiger partial charge < -0.3 is 15.1 Å². The van der Waals surface area contributed by atoms with E-state index in [0.717, 1.165) is 98.4 Å². The van der Waals surface area contributed by atoms with E-state index in [-0.39, 0.29) is 16.4 Å². The minimum absolute atomic E-state index is 0.0569. The number of allylic oxidation sites excluding steroid dienone is 4. The molecule has 0 saturated heterocycles. The van der Waals surface area contributed by atoms with Crippen LogP contribution in [0.15, 0.2) is 54.6 Å². The Morgan fingerprint density at radius 2 is 0.983 bits per heavy atom. The molecule has 6 heteroatoms. The number of aromatic nitrogens is 4. The molecule has 0 radical (unpaired) electrons. The lowest BCUT2D eigenvalue weighted by Crippen LogP contribution is -2.16. The molecule has 0 spiro atoms. The number of aromatic amines is 2. The zero-order valence-electron chi connectivity index (χ0n) is 37.8. The number of carboxylic acid groups (broad SMARTS) is 1. The summed E-state index contributed by atoms with van der Waals surface area (Å²) in [6.45, 7) is 31.6. The zero-order chi connectivity index (χ0) is 42.9. The van der Waals surface area contributed by atoms with Crippen molar-refractivity contribution in [3.63, 3.8) is 0 Å². The molecular weight excluding hydrogens is 725 g/mol. The van der Waals surface area contributed by atoms with Crippen molar-refractivity contribution in [3.8, 4) is 22.3 Å². The first-order chi connectivity index (χ1) is 27.8. The number of nitrogens with zero attached hydrogens (tertiary/aromatic N) is 2. The predicted molar refractivity (Wildman–Crippen MR) is 250 cm³/mol. The number of aromatic carboxylic acids is 1. The largest absolute Gasteiger partial charge is 0.478 e. The van der Waals surface area contributed by atoms with Gasteiger partial charge in [0.1, 0.15) is 0 Å². The maximum Gasteiger partial charge on any atom is 0.335 e. The van der Waals surface area contributed by atoms with Gasteiger partial charge in [0.05, 0.1) is 39.4 Å². The highest BCUT2D eigenvalue weighted by atomic mass is 16.4. The summed E-state index contributed by atoms with van der Waals surface area (Å²) >= 11 is 0. The fourth-order valence-electron chi connectivity index (χ4n) is 9.29. The fraction of sp³-hybridized carbons (Fsp3) is 0.377. The number of fused-ring (bicyclic) bond motifs is 8. The van der Waals surface area contributed by atoms with Gasteiger partial charge in [0.15, 0.2) is 0 Å². The maximum absolute atomic E-state index is 12.0. The Kier molecular flexibility index (Phi) is 10.8. The highest BCUT2D eigenvalue weighted by Crippen LogP contribution is 2.45. The molecule has 0 saturated carbocycles. The first-order valence-corrected chi connectivity index (χ1v) is 21.5. The van der Waals surface area contributed by atoms with Crippen molar-refractivity contribution in [2.45, 2.75) is 133 Å². The van der Waals surface area contributed by atoms with Gasteiger partial charge in [-0.2, -0.15) is 0 Å². The van der Waals surface area contributed by atoms with Gasteiger partial charge >= 0.3 is 5.97 Å². The number of rotatable bonds is 7. The second kappa shape index (κ2) is 15.3. The molecule has 59 heavy (non-hydrogen) atoms. The number of hydrogen-bond acceptors (Lipinski definition) is 3. The Morgan fingerprint density at radius 1 is 0.576 bits per heavy atom. The minimum Gasteiger partial charge on any atom is -0.478 e. The second-order valence-corrected chi connectivity index (χ2v) is 18.6. The lowest BCUT2D eigenvalue weighted by Gasteiger charge is -2.26. The molecule has 3 N–H and O–H groups in total. The molecule has 0 unspecified atom stereocenters. The van der Waals surface area contributed by atoms with E-state index < -0.39 is 5.97 Å². The van der Waals surface area contributed by atoms with Crippen LogP contribution < -0.4 is 0 Å². The lowest BCUT2D eigenvalue weighted by molar-refractivity contribution is 0.0697. The quantitative estimate of drug-likeness (QED) is 0.153. The molecule has 0 atom stereocenters. The molecule has 2 aliphatic heterocycles. The van der Waals surface area contributed by atoms with Gasteiger partial charge in [-0.15, -0.1) is 0 Å². The number of aryl methyl sites for hydroxylation is 4. The van der Waals surface area contributed by atoms with Crippen molar-refractivity contribution in [2.24, 2.45) is 0 Å². The topological polar surface area (TPSA) is 94.7 Å². The van der Waals surface area contributed by atoms with Crippen LogP contribution >= 0.6 is 0 Å². The molecule has 2 aromatic carbocycles. The highest BCUT2D eigenvalue weighted by molar-refractivity contribution is 6.03. The number of carbonyl (C=O) groups is 1. The zero-order valence-corrected chi connectivity index (χ0v) is 37.8. The van der Waals surface area contributed by atoms with E-state index in [1.807, 2.05) is 12.1 Å². The Morgan fingerprint density at radius 3 is 1.34 bits per heavy atom. The Labute approximate surface area is 351 Å². The molecule has 7 rings (SSSR count). The monoisotopic (exact) mass is 786 g/mol. The standard InChI is InChI=1S/C53H62N4O2/c1-15-37-28(5)47-45(32-19-21-33(22-20-32)51(58)59)48-29(6)38(16-2)42(55-48)27-44-40(18-4)31(8)50(57-44)46(49-30(7)39(17-3)43(56-49)26-41(37)54-47)34-23-35(52(9,10)11)25-36(24-34)53(12,13)14/h19-27,54,57H,15-18H2,1-14H3,(H,58,59). The third-order valence-electron chi connectivity index (χ3n) is 12.8. The van der Waals surface area contributed by atoms with Gasteiger partial charge in [0.25, 0.3) is 0 Å². The summed E-state index contributed by atoms with van der Waals surface area (Å²) in [6, 6.07) is 19.0. The fourth-order valence-corrected chi connectivity index (χ4v) is 9.29. The number of H-pyrrole nitrogens is 2. The van der Waals surface area contributed by atoms with Crippen LogP contribution in [0.2, 0.25) is 0 Å². The second-order valence-electron chi connectivity index (χ2n) is 18.6. The van der Waals surface area contributed by atoms with Crippen LogP contribution in [0.4, 0.5) is 0 Å². The van der Waals surface area contributed by atoms with E-state index in [0.29, 0.717) is 0 Å². The number of benzene rings is 2. The molecule has 8 bridgehead atoms. The predicted octanol–water partition coefficient (Wildman–Crippen LogP) is 14.4. The van der Waals surface area contributed by atoms with Crippen LogP contribution in [-0.4, -0.2) is 31.0 Å². The molecule has 2 aliphatic rings. The van der Waals surface area contributed by atoms with Crippen molar-refractivity contribution in [3.05, 3.63) is 116 Å². The average molecular weight is 787 g/mol. The summed E-state index contributed by atoms with van der Waals surface area (Å²) in [7, 11) is 0. The van der Waals surface area contributed by atoms with Crippen LogP contribution in [-0.2, 0) is 23.7 Å².